The Morgan fingerprint density at radius 2 is 1.83 bits per heavy atom. The Balaban J connectivity index is 2.12. The van der Waals surface area contributed by atoms with Crippen LogP contribution in [-0.2, 0) is 9.53 Å². The molecule has 1 saturated heterocycles. The van der Waals surface area contributed by atoms with Gasteiger partial charge in [-0.25, -0.2) is 0 Å². The second kappa shape index (κ2) is 11.6. The van der Waals surface area contributed by atoms with Gasteiger partial charge in [0.05, 0.1) is 30.5 Å². The molecule has 0 unspecified atom stereocenters. The van der Waals surface area contributed by atoms with Crippen LogP contribution in [0.15, 0.2) is 12.2 Å². The highest BCUT2D eigenvalue weighted by Gasteiger charge is 2.35. The molecule has 6 nitrogen and oxygen atoms in total. The van der Waals surface area contributed by atoms with Gasteiger partial charge in [-0.3, -0.25) is 4.79 Å². The highest BCUT2D eigenvalue weighted by atomic mass is 16.5. The normalized spacial score (nSPS) is 26.8. The number of aliphatic hydroxyl groups excluding tert-OH is 3. The average molecular weight is 344 g/mol. The number of rotatable bonds is 12. The van der Waals surface area contributed by atoms with E-state index in [1.807, 2.05) is 6.92 Å². The van der Waals surface area contributed by atoms with Crippen LogP contribution in [0.3, 0.4) is 0 Å². The van der Waals surface area contributed by atoms with Gasteiger partial charge in [0.15, 0.2) is 0 Å². The monoisotopic (exact) mass is 344 g/mol. The Morgan fingerprint density at radius 1 is 1.17 bits per heavy atom. The topological polar surface area (TPSA) is 107 Å². The number of aliphatic carboxylic acids is 1. The van der Waals surface area contributed by atoms with E-state index in [9.17, 15) is 20.1 Å². The second-order valence-corrected chi connectivity index (χ2v) is 6.57. The van der Waals surface area contributed by atoms with Crippen LogP contribution >= 0.6 is 0 Å². The molecule has 6 heteroatoms. The summed E-state index contributed by atoms with van der Waals surface area (Å²) in [5.41, 5.74) is 0. The van der Waals surface area contributed by atoms with E-state index in [4.69, 9.17) is 9.84 Å². The summed E-state index contributed by atoms with van der Waals surface area (Å²) in [7, 11) is 0. The van der Waals surface area contributed by atoms with Gasteiger partial charge in [-0.15, -0.1) is 0 Å². The first-order chi connectivity index (χ1) is 11.4. The Labute approximate surface area is 144 Å². The van der Waals surface area contributed by atoms with Crippen molar-refractivity contribution in [3.05, 3.63) is 12.2 Å². The fourth-order valence-corrected chi connectivity index (χ4v) is 2.97. The molecular formula is C18H32O6. The van der Waals surface area contributed by atoms with Crippen molar-refractivity contribution in [2.24, 2.45) is 0 Å². The Kier molecular flexibility index (Phi) is 10.2. The summed E-state index contributed by atoms with van der Waals surface area (Å²) in [5, 5.41) is 38.3. The number of carboxylic acid groups (broad SMARTS) is 1. The Bertz CT molecular complexity index is 384. The molecule has 24 heavy (non-hydrogen) atoms. The van der Waals surface area contributed by atoms with Gasteiger partial charge < -0.3 is 25.2 Å². The van der Waals surface area contributed by atoms with Crippen LogP contribution in [0.1, 0.15) is 64.7 Å². The van der Waals surface area contributed by atoms with Crippen LogP contribution in [0.4, 0.5) is 0 Å². The fraction of sp³-hybridized carbons (Fsp3) is 0.833. The third-order valence-corrected chi connectivity index (χ3v) is 4.46. The molecular weight excluding hydrogens is 312 g/mol. The summed E-state index contributed by atoms with van der Waals surface area (Å²) >= 11 is 0. The predicted molar refractivity (Wildman–Crippen MR) is 90.7 cm³/mol. The lowest BCUT2D eigenvalue weighted by Gasteiger charge is -2.16. The smallest absolute Gasteiger partial charge is 0.303 e. The van der Waals surface area contributed by atoms with Gasteiger partial charge in [0.2, 0.25) is 0 Å². The zero-order valence-electron chi connectivity index (χ0n) is 14.5. The van der Waals surface area contributed by atoms with Crippen molar-refractivity contribution < 1.29 is 30.0 Å². The molecule has 0 aromatic carbocycles. The van der Waals surface area contributed by atoms with Crippen LogP contribution in [-0.4, -0.2) is 56.9 Å². The Hall–Kier alpha value is -0.950. The minimum Gasteiger partial charge on any atom is -0.481 e. The molecule has 0 radical (unpaired) electrons. The lowest BCUT2D eigenvalue weighted by molar-refractivity contribution is -0.137. The number of unbranched alkanes of at least 4 members (excludes halogenated alkanes) is 4. The van der Waals surface area contributed by atoms with Gasteiger partial charge in [-0.2, -0.15) is 0 Å². The zero-order valence-corrected chi connectivity index (χ0v) is 14.5. The molecule has 0 saturated carbocycles. The summed E-state index contributed by atoms with van der Waals surface area (Å²) in [6, 6.07) is 0. The van der Waals surface area contributed by atoms with E-state index >= 15 is 0 Å². The molecule has 5 atom stereocenters. The third-order valence-electron chi connectivity index (χ3n) is 4.46. The molecule has 0 spiro atoms. The molecule has 1 aliphatic heterocycles. The number of carbonyl (C=O) groups is 1. The van der Waals surface area contributed by atoms with Crippen molar-refractivity contribution in [1.29, 1.82) is 0 Å². The van der Waals surface area contributed by atoms with Crippen molar-refractivity contribution in [3.8, 4) is 0 Å². The maximum absolute atomic E-state index is 10.4. The molecule has 1 fully saturated rings. The standard InChI is InChI=1S/C18H32O6/c1-2-16-15(21)12-17(24-16)14(20)11-10-13(19)8-6-4-3-5-7-9-18(22)23/h10-11,13-17,19-21H,2-9,12H2,1H3,(H,22,23)/b11-10+/t13-,14+,15+,16-,17+/m1/s1. The van der Waals surface area contributed by atoms with Crippen molar-refractivity contribution >= 4 is 5.97 Å². The molecule has 0 aliphatic carbocycles. The molecule has 140 valence electrons. The summed E-state index contributed by atoms with van der Waals surface area (Å²) in [5.74, 6) is -0.752. The van der Waals surface area contributed by atoms with E-state index in [2.05, 4.69) is 0 Å². The van der Waals surface area contributed by atoms with Crippen LogP contribution in [0, 0.1) is 0 Å². The molecule has 0 bridgehead atoms. The van der Waals surface area contributed by atoms with Crippen molar-refractivity contribution in [2.45, 2.75) is 95.2 Å². The van der Waals surface area contributed by atoms with E-state index in [0.29, 0.717) is 25.7 Å². The lowest BCUT2D eigenvalue weighted by atomic mass is 10.0. The summed E-state index contributed by atoms with van der Waals surface area (Å²) in [4.78, 5) is 10.4. The fourth-order valence-electron chi connectivity index (χ4n) is 2.97. The average Bonchev–Trinajstić information content (AvgIpc) is 2.92. The van der Waals surface area contributed by atoms with E-state index in [1.165, 1.54) is 0 Å². The summed E-state index contributed by atoms with van der Waals surface area (Å²) in [6.45, 7) is 1.93. The molecule has 1 rings (SSSR count). The van der Waals surface area contributed by atoms with Gasteiger partial charge in [0.1, 0.15) is 0 Å². The third kappa shape index (κ3) is 8.24. The molecule has 0 aromatic rings. The van der Waals surface area contributed by atoms with Crippen LogP contribution in [0.25, 0.3) is 0 Å². The maximum atomic E-state index is 10.4. The second-order valence-electron chi connectivity index (χ2n) is 6.57. The first-order valence-electron chi connectivity index (χ1n) is 9.03. The summed E-state index contributed by atoms with van der Waals surface area (Å²) in [6.07, 6.45) is 6.92. The minimum absolute atomic E-state index is 0.218. The van der Waals surface area contributed by atoms with Crippen molar-refractivity contribution in [3.63, 3.8) is 0 Å². The van der Waals surface area contributed by atoms with Crippen LogP contribution in [0.5, 0.6) is 0 Å². The minimum atomic E-state index is -0.818. The number of aliphatic hydroxyl groups is 3. The van der Waals surface area contributed by atoms with E-state index in [0.717, 1.165) is 25.7 Å². The maximum Gasteiger partial charge on any atom is 0.303 e. The van der Waals surface area contributed by atoms with Crippen molar-refractivity contribution in [1.82, 2.24) is 0 Å². The first-order valence-corrected chi connectivity index (χ1v) is 9.03. The van der Waals surface area contributed by atoms with Gasteiger partial charge in [0.25, 0.3) is 0 Å². The van der Waals surface area contributed by atoms with Gasteiger partial charge in [0, 0.05) is 12.8 Å². The number of hydrogen-bond acceptors (Lipinski definition) is 5. The molecule has 4 N–H and O–H groups in total. The van der Waals surface area contributed by atoms with Gasteiger partial charge >= 0.3 is 5.97 Å². The largest absolute Gasteiger partial charge is 0.481 e. The number of ether oxygens (including phenoxy) is 1. The first kappa shape index (κ1) is 21.1. The van der Waals surface area contributed by atoms with E-state index < -0.39 is 30.4 Å². The molecule has 0 amide bonds. The van der Waals surface area contributed by atoms with Gasteiger partial charge in [-0.1, -0.05) is 44.8 Å². The highest BCUT2D eigenvalue weighted by molar-refractivity contribution is 5.66. The van der Waals surface area contributed by atoms with Crippen LogP contribution in [0.2, 0.25) is 0 Å². The Morgan fingerprint density at radius 3 is 2.46 bits per heavy atom. The molecule has 0 aromatic heterocycles. The van der Waals surface area contributed by atoms with Crippen LogP contribution < -0.4 is 0 Å². The number of hydrogen-bond donors (Lipinski definition) is 4. The van der Waals surface area contributed by atoms with Gasteiger partial charge in [-0.05, 0) is 19.3 Å². The van der Waals surface area contributed by atoms with Crippen molar-refractivity contribution in [2.75, 3.05) is 0 Å². The zero-order chi connectivity index (χ0) is 17.9. The predicted octanol–water partition coefficient (Wildman–Crippen LogP) is 2.01. The SMILES string of the molecule is CC[C@H]1O[C@H]([C@@H](O)/C=C/[C@H](O)CCCCCCCC(=O)O)C[C@@H]1O. The van der Waals surface area contributed by atoms with E-state index in [1.54, 1.807) is 12.2 Å². The molecule has 1 heterocycles. The number of carboxylic acids is 1. The quantitative estimate of drug-likeness (QED) is 0.319. The van der Waals surface area contributed by atoms with E-state index in [-0.39, 0.29) is 12.5 Å². The lowest BCUT2D eigenvalue weighted by Crippen LogP contribution is -2.24. The highest BCUT2D eigenvalue weighted by Crippen LogP contribution is 2.25. The molecule has 1 aliphatic rings. The summed E-state index contributed by atoms with van der Waals surface area (Å²) < 4.78 is 5.60.